The van der Waals surface area contributed by atoms with Gasteiger partial charge in [-0.2, -0.15) is 5.10 Å². The quantitative estimate of drug-likeness (QED) is 0.392. The monoisotopic (exact) mass is 457 g/mol. The molecule has 0 saturated heterocycles. The Labute approximate surface area is 192 Å². The number of aromatic nitrogens is 4. The van der Waals surface area contributed by atoms with Gasteiger partial charge < -0.3 is 10.1 Å². The number of amides is 1. The Morgan fingerprint density at radius 1 is 1.12 bits per heavy atom. The number of hydrogen-bond donors (Lipinski definition) is 1. The number of benzene rings is 2. The lowest BCUT2D eigenvalue weighted by Gasteiger charge is -2.07. The van der Waals surface area contributed by atoms with E-state index in [9.17, 15) is 9.59 Å². The summed E-state index contributed by atoms with van der Waals surface area (Å²) >= 11 is 1.63. The average Bonchev–Trinajstić information content (AvgIpc) is 3.37. The molecular formula is C24H19N5O3S. The highest BCUT2D eigenvalue weighted by molar-refractivity contribution is 7.21. The second-order valence-electron chi connectivity index (χ2n) is 7.54. The zero-order chi connectivity index (χ0) is 22.9. The molecule has 0 spiro atoms. The Morgan fingerprint density at radius 3 is 2.76 bits per heavy atom. The van der Waals surface area contributed by atoms with Crippen molar-refractivity contribution in [1.29, 1.82) is 0 Å². The van der Waals surface area contributed by atoms with E-state index in [0.29, 0.717) is 17.0 Å². The van der Waals surface area contributed by atoms with Crippen LogP contribution >= 0.6 is 11.3 Å². The van der Waals surface area contributed by atoms with Crippen LogP contribution in [0.2, 0.25) is 0 Å². The molecule has 2 aromatic carbocycles. The first-order chi connectivity index (χ1) is 16.0. The molecule has 0 unspecified atom stereocenters. The summed E-state index contributed by atoms with van der Waals surface area (Å²) < 4.78 is 7.83. The van der Waals surface area contributed by atoms with Gasteiger partial charge in [0, 0.05) is 23.6 Å². The Morgan fingerprint density at radius 2 is 1.94 bits per heavy atom. The number of carbonyl (C=O) groups excluding carboxylic acids is 2. The summed E-state index contributed by atoms with van der Waals surface area (Å²) in [4.78, 5) is 33.6. The Kier molecular flexibility index (Phi) is 5.31. The lowest BCUT2D eigenvalue weighted by molar-refractivity contribution is -0.119. The molecule has 0 aliphatic carbocycles. The highest BCUT2D eigenvalue weighted by atomic mass is 32.1. The molecular weight excluding hydrogens is 438 g/mol. The zero-order valence-corrected chi connectivity index (χ0v) is 18.7. The number of nitrogens with one attached hydrogen (secondary N) is 1. The SMILES string of the molecule is Cc1ccc2nc(-c3ccc(NC(=O)COC(=O)c4c(C)nn5cccnc45)cc3)sc2c1. The van der Waals surface area contributed by atoms with E-state index < -0.39 is 18.5 Å². The number of rotatable bonds is 5. The number of anilines is 1. The number of carbonyl (C=O) groups is 2. The van der Waals surface area contributed by atoms with E-state index >= 15 is 0 Å². The van der Waals surface area contributed by atoms with E-state index in [1.165, 1.54) is 10.1 Å². The number of ether oxygens (including phenoxy) is 1. The van der Waals surface area contributed by atoms with E-state index in [1.807, 2.05) is 24.3 Å². The molecule has 33 heavy (non-hydrogen) atoms. The summed E-state index contributed by atoms with van der Waals surface area (Å²) in [5.74, 6) is -1.08. The summed E-state index contributed by atoms with van der Waals surface area (Å²) in [6.45, 7) is 3.34. The number of esters is 1. The fraction of sp³-hybridized carbons (Fsp3) is 0.125. The van der Waals surface area contributed by atoms with E-state index in [2.05, 4.69) is 33.4 Å². The Hall–Kier alpha value is -4.11. The molecule has 5 aromatic rings. The fourth-order valence-corrected chi connectivity index (χ4v) is 4.56. The molecule has 0 bridgehead atoms. The maximum atomic E-state index is 12.5. The number of nitrogens with zero attached hydrogens (tertiary/aromatic N) is 4. The van der Waals surface area contributed by atoms with Gasteiger partial charge in [-0.3, -0.25) is 4.79 Å². The minimum absolute atomic E-state index is 0.249. The van der Waals surface area contributed by atoms with Gasteiger partial charge in [0.15, 0.2) is 12.3 Å². The van der Waals surface area contributed by atoms with E-state index in [1.54, 1.807) is 48.9 Å². The lowest BCUT2D eigenvalue weighted by atomic mass is 10.2. The molecule has 164 valence electrons. The third kappa shape index (κ3) is 4.18. The van der Waals surface area contributed by atoms with E-state index in [4.69, 9.17) is 4.74 Å². The first-order valence-corrected chi connectivity index (χ1v) is 11.0. The summed E-state index contributed by atoms with van der Waals surface area (Å²) in [7, 11) is 0. The van der Waals surface area contributed by atoms with Crippen molar-refractivity contribution < 1.29 is 14.3 Å². The van der Waals surface area contributed by atoms with Crippen molar-refractivity contribution in [3.8, 4) is 10.6 Å². The van der Waals surface area contributed by atoms with Crippen LogP contribution in [0.3, 0.4) is 0 Å². The van der Waals surface area contributed by atoms with Crippen molar-refractivity contribution in [2.24, 2.45) is 0 Å². The van der Waals surface area contributed by atoms with Crippen LogP contribution in [0, 0.1) is 13.8 Å². The van der Waals surface area contributed by atoms with Crippen LogP contribution in [0.1, 0.15) is 21.6 Å². The molecule has 3 aromatic heterocycles. The lowest BCUT2D eigenvalue weighted by Crippen LogP contribution is -2.21. The second kappa shape index (κ2) is 8.44. The number of aryl methyl sites for hydroxylation is 2. The predicted octanol–water partition coefficient (Wildman–Crippen LogP) is 4.42. The third-order valence-corrected chi connectivity index (χ3v) is 6.14. The molecule has 0 radical (unpaired) electrons. The normalized spacial score (nSPS) is 11.1. The van der Waals surface area contributed by atoms with Crippen LogP contribution in [-0.2, 0) is 9.53 Å². The molecule has 3 heterocycles. The van der Waals surface area contributed by atoms with Gasteiger partial charge in [0.2, 0.25) is 0 Å². The first kappa shape index (κ1) is 20.8. The Bertz CT molecular complexity index is 1500. The van der Waals surface area contributed by atoms with Gasteiger partial charge in [0.1, 0.15) is 10.6 Å². The van der Waals surface area contributed by atoms with Crippen LogP contribution in [0.5, 0.6) is 0 Å². The van der Waals surface area contributed by atoms with Gasteiger partial charge in [-0.15, -0.1) is 11.3 Å². The smallest absolute Gasteiger partial charge is 0.344 e. The molecule has 0 fully saturated rings. The average molecular weight is 458 g/mol. The van der Waals surface area contributed by atoms with Gasteiger partial charge >= 0.3 is 5.97 Å². The number of thiazole rings is 1. The van der Waals surface area contributed by atoms with E-state index in [-0.39, 0.29) is 5.56 Å². The van der Waals surface area contributed by atoms with Gasteiger partial charge in [-0.05, 0) is 61.9 Å². The van der Waals surface area contributed by atoms with Crippen LogP contribution < -0.4 is 5.32 Å². The topological polar surface area (TPSA) is 98.5 Å². The number of fused-ring (bicyclic) bond motifs is 2. The molecule has 0 aliphatic heterocycles. The minimum Gasteiger partial charge on any atom is -0.452 e. The van der Waals surface area contributed by atoms with Gasteiger partial charge in [0.25, 0.3) is 5.91 Å². The summed E-state index contributed by atoms with van der Waals surface area (Å²) in [6.07, 6.45) is 3.26. The van der Waals surface area contributed by atoms with E-state index in [0.717, 1.165) is 20.8 Å². The van der Waals surface area contributed by atoms with Crippen molar-refractivity contribution in [3.05, 3.63) is 77.7 Å². The molecule has 8 nitrogen and oxygen atoms in total. The first-order valence-electron chi connectivity index (χ1n) is 10.2. The zero-order valence-electron chi connectivity index (χ0n) is 17.9. The summed E-state index contributed by atoms with van der Waals surface area (Å²) in [5.41, 5.74) is 4.86. The molecule has 0 saturated carbocycles. The van der Waals surface area contributed by atoms with Crippen molar-refractivity contribution in [1.82, 2.24) is 19.6 Å². The largest absolute Gasteiger partial charge is 0.452 e. The molecule has 5 rings (SSSR count). The second-order valence-corrected chi connectivity index (χ2v) is 8.57. The molecule has 0 aliphatic rings. The standard InChI is InChI=1S/C24H19N5O3S/c1-14-4-9-18-19(12-14)33-23(27-18)16-5-7-17(8-6-16)26-20(30)13-32-24(31)21-15(2)28-29-11-3-10-25-22(21)29/h3-12H,13H2,1-2H3,(H,26,30). The van der Waals surface area contributed by atoms with Crippen molar-refractivity contribution in [3.63, 3.8) is 0 Å². The molecule has 9 heteroatoms. The highest BCUT2D eigenvalue weighted by Gasteiger charge is 2.20. The summed E-state index contributed by atoms with van der Waals surface area (Å²) in [6, 6.07) is 15.3. The van der Waals surface area contributed by atoms with Crippen LogP contribution in [0.4, 0.5) is 5.69 Å². The van der Waals surface area contributed by atoms with Gasteiger partial charge in [-0.1, -0.05) is 6.07 Å². The molecule has 1 amide bonds. The maximum absolute atomic E-state index is 12.5. The van der Waals surface area contributed by atoms with Crippen molar-refractivity contribution in [2.75, 3.05) is 11.9 Å². The van der Waals surface area contributed by atoms with Crippen molar-refractivity contribution in [2.45, 2.75) is 13.8 Å². The Balaban J connectivity index is 1.22. The number of hydrogen-bond acceptors (Lipinski definition) is 7. The van der Waals surface area contributed by atoms with Crippen LogP contribution in [-0.4, -0.2) is 38.1 Å². The van der Waals surface area contributed by atoms with Crippen LogP contribution in [0.15, 0.2) is 60.9 Å². The molecule has 1 N–H and O–H groups in total. The predicted molar refractivity (Wildman–Crippen MR) is 126 cm³/mol. The van der Waals surface area contributed by atoms with Crippen LogP contribution in [0.25, 0.3) is 26.4 Å². The highest BCUT2D eigenvalue weighted by Crippen LogP contribution is 2.31. The van der Waals surface area contributed by atoms with Gasteiger partial charge in [-0.25, -0.2) is 19.3 Å². The fourth-order valence-electron chi connectivity index (χ4n) is 3.49. The molecule has 0 atom stereocenters. The third-order valence-electron chi connectivity index (χ3n) is 5.07. The summed E-state index contributed by atoms with van der Waals surface area (Å²) in [5, 5.41) is 7.88. The maximum Gasteiger partial charge on any atom is 0.344 e. The van der Waals surface area contributed by atoms with Gasteiger partial charge in [0.05, 0.1) is 15.9 Å². The minimum atomic E-state index is -0.641. The van der Waals surface area contributed by atoms with Crippen molar-refractivity contribution >= 4 is 44.8 Å².